The lowest BCUT2D eigenvalue weighted by Gasteiger charge is -2.10. The summed E-state index contributed by atoms with van der Waals surface area (Å²) in [7, 11) is 0. The van der Waals surface area contributed by atoms with Gasteiger partial charge in [0, 0.05) is 10.9 Å². The van der Waals surface area contributed by atoms with E-state index in [1.807, 2.05) is 38.1 Å². The largest absolute Gasteiger partial charge is 0.341 e. The van der Waals surface area contributed by atoms with Crippen LogP contribution in [0.15, 0.2) is 59.9 Å². The van der Waals surface area contributed by atoms with E-state index in [-0.39, 0.29) is 11.1 Å². The number of H-pyrrole nitrogens is 1. The zero-order valence-corrected chi connectivity index (χ0v) is 16.6. The highest BCUT2D eigenvalue weighted by atomic mass is 32.2. The first-order valence-electron chi connectivity index (χ1n) is 9.19. The summed E-state index contributed by atoms with van der Waals surface area (Å²) in [5, 5.41) is 6.17. The van der Waals surface area contributed by atoms with Gasteiger partial charge in [-0.15, -0.1) is 5.10 Å². The topological polar surface area (TPSA) is 71.8 Å². The molecule has 5 rings (SSSR count). The number of benzene rings is 2. The number of aromatic nitrogens is 6. The smallest absolute Gasteiger partial charge is 0.192 e. The van der Waals surface area contributed by atoms with Crippen LogP contribution >= 0.6 is 11.8 Å². The molecule has 1 atom stereocenters. The normalized spacial score (nSPS) is 12.7. The summed E-state index contributed by atoms with van der Waals surface area (Å²) in [6.45, 7) is 3.90. The number of thioether (sulfide) groups is 1. The highest BCUT2D eigenvalue weighted by Gasteiger charge is 2.18. The van der Waals surface area contributed by atoms with Crippen molar-refractivity contribution in [2.75, 3.05) is 0 Å². The SMILES string of the molecule is Cc1nc2c3ccccc3nc(SC(C)c3ncc(-c4ccccc4F)[nH]3)n2n1. The third-order valence-corrected chi connectivity index (χ3v) is 5.73. The lowest BCUT2D eigenvalue weighted by atomic mass is 10.1. The number of rotatable bonds is 4. The van der Waals surface area contributed by atoms with E-state index in [1.54, 1.807) is 28.9 Å². The fourth-order valence-corrected chi connectivity index (χ4v) is 4.21. The zero-order valence-electron chi connectivity index (χ0n) is 15.8. The van der Waals surface area contributed by atoms with Crippen LogP contribution in [-0.4, -0.2) is 29.5 Å². The summed E-state index contributed by atoms with van der Waals surface area (Å²) in [6, 6.07) is 14.5. The second-order valence-electron chi connectivity index (χ2n) is 6.73. The molecule has 0 aliphatic heterocycles. The Morgan fingerprint density at radius 3 is 2.72 bits per heavy atom. The van der Waals surface area contributed by atoms with Gasteiger partial charge in [0.1, 0.15) is 17.5 Å². The number of hydrogen-bond acceptors (Lipinski definition) is 5. The molecular weight excluding hydrogens is 387 g/mol. The fourth-order valence-electron chi connectivity index (χ4n) is 3.28. The van der Waals surface area contributed by atoms with E-state index in [0.717, 1.165) is 27.5 Å². The molecule has 2 aromatic carbocycles. The summed E-state index contributed by atoms with van der Waals surface area (Å²) in [4.78, 5) is 17.0. The van der Waals surface area contributed by atoms with E-state index in [2.05, 4.69) is 20.1 Å². The summed E-state index contributed by atoms with van der Waals surface area (Å²) >= 11 is 1.53. The third kappa shape index (κ3) is 3.15. The van der Waals surface area contributed by atoms with Crippen molar-refractivity contribution in [2.24, 2.45) is 0 Å². The van der Waals surface area contributed by atoms with Gasteiger partial charge in [0.15, 0.2) is 10.8 Å². The fraction of sp³-hybridized carbons (Fsp3) is 0.143. The zero-order chi connectivity index (χ0) is 20.0. The maximum absolute atomic E-state index is 14.1. The number of imidazole rings is 1. The molecule has 3 aromatic heterocycles. The van der Waals surface area contributed by atoms with Gasteiger partial charge in [-0.05, 0) is 38.1 Å². The van der Waals surface area contributed by atoms with Gasteiger partial charge in [-0.2, -0.15) is 4.52 Å². The third-order valence-electron chi connectivity index (χ3n) is 4.68. The van der Waals surface area contributed by atoms with Gasteiger partial charge >= 0.3 is 0 Å². The first-order valence-corrected chi connectivity index (χ1v) is 10.1. The van der Waals surface area contributed by atoms with E-state index in [9.17, 15) is 4.39 Å². The first-order chi connectivity index (χ1) is 14.1. The second kappa shape index (κ2) is 6.97. The molecule has 0 amide bonds. The quantitative estimate of drug-likeness (QED) is 0.338. The van der Waals surface area contributed by atoms with E-state index in [1.165, 1.54) is 17.8 Å². The van der Waals surface area contributed by atoms with Crippen LogP contribution in [0.4, 0.5) is 4.39 Å². The minimum atomic E-state index is -0.279. The van der Waals surface area contributed by atoms with Gasteiger partial charge in [0.25, 0.3) is 0 Å². The Bertz CT molecular complexity index is 1340. The van der Waals surface area contributed by atoms with Crippen molar-refractivity contribution in [2.45, 2.75) is 24.3 Å². The number of aromatic amines is 1. The van der Waals surface area contributed by atoms with Crippen molar-refractivity contribution in [3.8, 4) is 11.3 Å². The number of hydrogen-bond donors (Lipinski definition) is 1. The Morgan fingerprint density at radius 1 is 1.07 bits per heavy atom. The summed E-state index contributed by atoms with van der Waals surface area (Å²) in [5.74, 6) is 1.16. The highest BCUT2D eigenvalue weighted by molar-refractivity contribution is 7.99. The second-order valence-corrected chi connectivity index (χ2v) is 8.04. The van der Waals surface area contributed by atoms with Gasteiger partial charge in [0.05, 0.1) is 22.7 Å². The predicted octanol–water partition coefficient (Wildman–Crippen LogP) is 4.97. The Kier molecular flexibility index (Phi) is 4.28. The molecule has 5 aromatic rings. The van der Waals surface area contributed by atoms with Gasteiger partial charge < -0.3 is 4.98 Å². The standard InChI is InChI=1S/C21H17FN6S/c1-12(19-23-11-18(25-19)14-7-3-5-9-16(14)22)29-21-26-17-10-6-4-8-15(17)20-24-13(2)27-28(20)21/h3-12H,1-2H3,(H,23,25). The van der Waals surface area contributed by atoms with Crippen molar-refractivity contribution in [3.63, 3.8) is 0 Å². The van der Waals surface area contributed by atoms with E-state index >= 15 is 0 Å². The highest BCUT2D eigenvalue weighted by Crippen LogP contribution is 2.35. The van der Waals surface area contributed by atoms with Gasteiger partial charge in [-0.1, -0.05) is 36.0 Å². The summed E-state index contributed by atoms with van der Waals surface area (Å²) < 4.78 is 15.9. The van der Waals surface area contributed by atoms with Crippen molar-refractivity contribution in [1.29, 1.82) is 0 Å². The van der Waals surface area contributed by atoms with Gasteiger partial charge in [-0.25, -0.2) is 19.3 Å². The molecule has 1 N–H and O–H groups in total. The number of halogens is 1. The van der Waals surface area contributed by atoms with Crippen LogP contribution in [0.1, 0.15) is 23.8 Å². The van der Waals surface area contributed by atoms with E-state index in [0.29, 0.717) is 17.1 Å². The average molecular weight is 404 g/mol. The molecule has 6 nitrogen and oxygen atoms in total. The Labute approximate surface area is 170 Å². The molecule has 3 heterocycles. The molecule has 0 fully saturated rings. The Hall–Kier alpha value is -3.26. The molecule has 0 aliphatic carbocycles. The van der Waals surface area contributed by atoms with Gasteiger partial charge in [0.2, 0.25) is 0 Å². The van der Waals surface area contributed by atoms with Crippen LogP contribution in [0.5, 0.6) is 0 Å². The minimum Gasteiger partial charge on any atom is -0.341 e. The lowest BCUT2D eigenvalue weighted by Crippen LogP contribution is -2.01. The molecule has 0 spiro atoms. The molecule has 0 saturated heterocycles. The van der Waals surface area contributed by atoms with Crippen molar-refractivity contribution in [3.05, 3.63) is 72.2 Å². The van der Waals surface area contributed by atoms with Crippen LogP contribution < -0.4 is 0 Å². The lowest BCUT2D eigenvalue weighted by molar-refractivity contribution is 0.631. The van der Waals surface area contributed by atoms with Crippen molar-refractivity contribution >= 4 is 28.3 Å². The average Bonchev–Trinajstić information content (AvgIpc) is 3.35. The molecule has 8 heteroatoms. The summed E-state index contributed by atoms with van der Waals surface area (Å²) in [6.07, 6.45) is 1.66. The monoisotopic (exact) mass is 404 g/mol. The molecule has 0 aliphatic rings. The van der Waals surface area contributed by atoms with Crippen LogP contribution in [0, 0.1) is 12.7 Å². The minimum absolute atomic E-state index is 0.0445. The first kappa shape index (κ1) is 17.8. The summed E-state index contributed by atoms with van der Waals surface area (Å²) in [5.41, 5.74) is 2.81. The molecule has 0 saturated carbocycles. The molecular formula is C21H17FN6S. The van der Waals surface area contributed by atoms with Crippen molar-refractivity contribution in [1.82, 2.24) is 29.5 Å². The number of nitrogens with zero attached hydrogens (tertiary/aromatic N) is 5. The number of aryl methyl sites for hydroxylation is 1. The van der Waals surface area contributed by atoms with Crippen LogP contribution in [0.25, 0.3) is 27.8 Å². The van der Waals surface area contributed by atoms with Crippen LogP contribution in [-0.2, 0) is 0 Å². The van der Waals surface area contributed by atoms with Crippen LogP contribution in [0.2, 0.25) is 0 Å². The Balaban J connectivity index is 1.52. The number of nitrogens with one attached hydrogen (secondary N) is 1. The molecule has 0 radical (unpaired) electrons. The van der Waals surface area contributed by atoms with Crippen molar-refractivity contribution < 1.29 is 4.39 Å². The molecule has 29 heavy (non-hydrogen) atoms. The Morgan fingerprint density at radius 2 is 1.86 bits per heavy atom. The van der Waals surface area contributed by atoms with E-state index < -0.39 is 0 Å². The van der Waals surface area contributed by atoms with Gasteiger partial charge in [-0.3, -0.25) is 0 Å². The number of fused-ring (bicyclic) bond motifs is 3. The number of para-hydroxylation sites is 1. The molecule has 1 unspecified atom stereocenters. The molecule has 144 valence electrons. The maximum Gasteiger partial charge on any atom is 0.192 e. The molecule has 0 bridgehead atoms. The maximum atomic E-state index is 14.1. The van der Waals surface area contributed by atoms with E-state index in [4.69, 9.17) is 4.98 Å². The predicted molar refractivity (Wildman–Crippen MR) is 111 cm³/mol. The van der Waals surface area contributed by atoms with Crippen LogP contribution in [0.3, 0.4) is 0 Å².